The van der Waals surface area contributed by atoms with Gasteiger partial charge in [-0.2, -0.15) is 0 Å². The Hall–Kier alpha value is -1.97. The largest absolute Gasteiger partial charge is 0.496 e. The molecule has 0 spiro atoms. The van der Waals surface area contributed by atoms with Crippen LogP contribution < -0.4 is 10.1 Å². The van der Waals surface area contributed by atoms with Gasteiger partial charge in [0, 0.05) is 5.56 Å². The molecule has 0 aliphatic carbocycles. The molecule has 0 bridgehead atoms. The van der Waals surface area contributed by atoms with Crippen LogP contribution in [0.5, 0.6) is 5.75 Å². The van der Waals surface area contributed by atoms with Crippen LogP contribution in [0.2, 0.25) is 0 Å². The maximum Gasteiger partial charge on any atom is 0.411 e. The molecule has 16 heavy (non-hydrogen) atoms. The van der Waals surface area contributed by atoms with E-state index in [1.807, 2.05) is 12.1 Å². The quantitative estimate of drug-likeness (QED) is 0.794. The molecule has 1 amide bonds. The molecule has 4 heteroatoms. The van der Waals surface area contributed by atoms with Crippen molar-refractivity contribution in [3.8, 4) is 5.75 Å². The fraction of sp³-hybridized carbons (Fsp3) is 0.250. The summed E-state index contributed by atoms with van der Waals surface area (Å²) in [5.74, 6) is 0.790. The first-order valence-electron chi connectivity index (χ1n) is 4.99. The predicted molar refractivity (Wildman–Crippen MR) is 60.7 cm³/mol. The van der Waals surface area contributed by atoms with Crippen LogP contribution >= 0.6 is 0 Å². The number of carbonyl (C=O) groups is 1. The second-order valence-corrected chi connectivity index (χ2v) is 3.52. The van der Waals surface area contributed by atoms with Gasteiger partial charge in [-0.25, -0.2) is 4.79 Å². The Bertz CT molecular complexity index is 429. The van der Waals surface area contributed by atoms with Gasteiger partial charge in [0.25, 0.3) is 0 Å². The van der Waals surface area contributed by atoms with Gasteiger partial charge in [0.2, 0.25) is 0 Å². The van der Waals surface area contributed by atoms with E-state index in [4.69, 9.17) is 9.47 Å². The molecule has 1 aromatic rings. The smallest absolute Gasteiger partial charge is 0.411 e. The molecule has 1 aromatic carbocycles. The summed E-state index contributed by atoms with van der Waals surface area (Å²) < 4.78 is 10.2. The highest BCUT2D eigenvalue weighted by Crippen LogP contribution is 2.30. The average Bonchev–Trinajstić information content (AvgIpc) is 2.28. The number of fused-ring (bicyclic) bond motifs is 1. The number of cyclic esters (lactones) is 1. The number of carbonyl (C=O) groups excluding carboxylic acids is 1. The van der Waals surface area contributed by atoms with Gasteiger partial charge in [0.15, 0.2) is 0 Å². The van der Waals surface area contributed by atoms with E-state index in [0.717, 1.165) is 22.6 Å². The molecule has 0 atom stereocenters. The van der Waals surface area contributed by atoms with E-state index in [1.165, 1.54) is 0 Å². The summed E-state index contributed by atoms with van der Waals surface area (Å²) in [6, 6.07) is 3.78. The van der Waals surface area contributed by atoms with Crippen molar-refractivity contribution in [2.75, 3.05) is 12.4 Å². The van der Waals surface area contributed by atoms with Crippen LogP contribution in [-0.2, 0) is 17.8 Å². The zero-order chi connectivity index (χ0) is 11.5. The molecule has 1 aliphatic heterocycles. The highest BCUT2D eigenvalue weighted by Gasteiger charge is 2.18. The van der Waals surface area contributed by atoms with E-state index in [1.54, 1.807) is 13.2 Å². The van der Waals surface area contributed by atoms with Crippen LogP contribution in [0.4, 0.5) is 10.5 Å². The standard InChI is InChI=1S/C12H13NO3/c1-3-4-8-5-10-9(6-11(8)15-2)7-16-12(14)13-10/h3,5-6H,1,4,7H2,2H3,(H,13,14). The number of anilines is 1. The number of rotatable bonds is 3. The number of ether oxygens (including phenoxy) is 2. The van der Waals surface area contributed by atoms with Gasteiger partial charge in [-0.3, -0.25) is 5.32 Å². The monoisotopic (exact) mass is 219 g/mol. The van der Waals surface area contributed by atoms with Crippen molar-refractivity contribution in [3.63, 3.8) is 0 Å². The van der Waals surface area contributed by atoms with Crippen LogP contribution in [-0.4, -0.2) is 13.2 Å². The molecule has 1 aliphatic rings. The normalized spacial score (nSPS) is 13.4. The molecular weight excluding hydrogens is 206 g/mol. The van der Waals surface area contributed by atoms with Crippen LogP contribution in [0, 0.1) is 0 Å². The molecule has 0 saturated carbocycles. The summed E-state index contributed by atoms with van der Waals surface area (Å²) >= 11 is 0. The first kappa shape index (κ1) is 10.5. The molecule has 84 valence electrons. The predicted octanol–water partition coefficient (Wildman–Crippen LogP) is 2.49. The van der Waals surface area contributed by atoms with Gasteiger partial charge in [0.05, 0.1) is 12.8 Å². The zero-order valence-electron chi connectivity index (χ0n) is 9.08. The molecule has 2 rings (SSSR count). The van der Waals surface area contributed by atoms with Crippen molar-refractivity contribution < 1.29 is 14.3 Å². The molecule has 0 aromatic heterocycles. The highest BCUT2D eigenvalue weighted by molar-refractivity contribution is 5.88. The van der Waals surface area contributed by atoms with Gasteiger partial charge >= 0.3 is 6.09 Å². The number of hydrogen-bond acceptors (Lipinski definition) is 3. The minimum Gasteiger partial charge on any atom is -0.496 e. The molecule has 4 nitrogen and oxygen atoms in total. The van der Waals surface area contributed by atoms with E-state index < -0.39 is 6.09 Å². The number of hydrogen-bond donors (Lipinski definition) is 1. The van der Waals surface area contributed by atoms with Gasteiger partial charge < -0.3 is 9.47 Å². The van der Waals surface area contributed by atoms with Gasteiger partial charge in [-0.15, -0.1) is 6.58 Å². The van der Waals surface area contributed by atoms with E-state index in [2.05, 4.69) is 11.9 Å². The lowest BCUT2D eigenvalue weighted by atomic mass is 10.0. The van der Waals surface area contributed by atoms with Crippen LogP contribution in [0.3, 0.4) is 0 Å². The third-order valence-electron chi connectivity index (χ3n) is 2.47. The molecule has 1 N–H and O–H groups in total. The van der Waals surface area contributed by atoms with Crippen molar-refractivity contribution in [1.82, 2.24) is 0 Å². The number of methoxy groups -OCH3 is 1. The summed E-state index contributed by atoms with van der Waals surface area (Å²) in [7, 11) is 1.62. The Morgan fingerprint density at radius 2 is 2.44 bits per heavy atom. The van der Waals surface area contributed by atoms with Crippen molar-refractivity contribution in [3.05, 3.63) is 35.9 Å². The number of allylic oxidation sites excluding steroid dienone is 1. The third kappa shape index (κ3) is 1.86. The summed E-state index contributed by atoms with van der Waals surface area (Å²) in [5.41, 5.74) is 2.71. The summed E-state index contributed by atoms with van der Waals surface area (Å²) in [5, 5.41) is 2.66. The lowest BCUT2D eigenvalue weighted by Crippen LogP contribution is -2.20. The van der Waals surface area contributed by atoms with Crippen molar-refractivity contribution in [2.24, 2.45) is 0 Å². The Morgan fingerprint density at radius 3 is 3.12 bits per heavy atom. The van der Waals surface area contributed by atoms with Gasteiger partial charge in [-0.05, 0) is 24.1 Å². The fourth-order valence-corrected chi connectivity index (χ4v) is 1.70. The lowest BCUT2D eigenvalue weighted by Gasteiger charge is -2.19. The Kier molecular flexibility index (Phi) is 2.81. The van der Waals surface area contributed by atoms with Crippen molar-refractivity contribution in [1.29, 1.82) is 0 Å². The second-order valence-electron chi connectivity index (χ2n) is 3.52. The maximum absolute atomic E-state index is 11.1. The third-order valence-corrected chi connectivity index (χ3v) is 2.47. The SMILES string of the molecule is C=CCc1cc2c(cc1OC)COC(=O)N2. The van der Waals surface area contributed by atoms with Crippen LogP contribution in [0.25, 0.3) is 0 Å². The molecule has 1 heterocycles. The maximum atomic E-state index is 11.1. The number of amides is 1. The van der Waals surface area contributed by atoms with Gasteiger partial charge in [-0.1, -0.05) is 6.08 Å². The summed E-state index contributed by atoms with van der Waals surface area (Å²) in [6.07, 6.45) is 2.08. The van der Waals surface area contributed by atoms with Crippen molar-refractivity contribution >= 4 is 11.8 Å². The average molecular weight is 219 g/mol. The van der Waals surface area contributed by atoms with Crippen LogP contribution in [0.1, 0.15) is 11.1 Å². The van der Waals surface area contributed by atoms with Crippen molar-refractivity contribution in [2.45, 2.75) is 13.0 Å². The van der Waals surface area contributed by atoms with E-state index in [-0.39, 0.29) is 6.61 Å². The topological polar surface area (TPSA) is 47.6 Å². The lowest BCUT2D eigenvalue weighted by molar-refractivity contribution is 0.151. The molecule has 0 radical (unpaired) electrons. The van der Waals surface area contributed by atoms with Gasteiger partial charge in [0.1, 0.15) is 12.4 Å². The summed E-state index contributed by atoms with van der Waals surface area (Å²) in [4.78, 5) is 11.1. The highest BCUT2D eigenvalue weighted by atomic mass is 16.5. The first-order valence-corrected chi connectivity index (χ1v) is 4.99. The molecular formula is C12H13NO3. The zero-order valence-corrected chi connectivity index (χ0v) is 9.08. The van der Waals surface area contributed by atoms with Crippen LogP contribution in [0.15, 0.2) is 24.8 Å². The second kappa shape index (κ2) is 4.26. The minimum atomic E-state index is -0.415. The number of benzene rings is 1. The molecule has 0 unspecified atom stereocenters. The molecule has 0 fully saturated rings. The Balaban J connectivity index is 2.43. The van der Waals surface area contributed by atoms with E-state index >= 15 is 0 Å². The number of nitrogens with one attached hydrogen (secondary N) is 1. The Labute approximate surface area is 93.9 Å². The summed E-state index contributed by atoms with van der Waals surface area (Å²) in [6.45, 7) is 3.97. The minimum absolute atomic E-state index is 0.284. The first-order chi connectivity index (χ1) is 7.74. The fourth-order valence-electron chi connectivity index (χ4n) is 1.70. The molecule has 0 saturated heterocycles. The Morgan fingerprint density at radius 1 is 1.62 bits per heavy atom. The van der Waals surface area contributed by atoms with E-state index in [9.17, 15) is 4.79 Å². The van der Waals surface area contributed by atoms with E-state index in [0.29, 0.717) is 6.42 Å².